The van der Waals surface area contributed by atoms with E-state index in [1.807, 2.05) is 71.3 Å². The van der Waals surface area contributed by atoms with Crippen LogP contribution in [-0.4, -0.2) is 70.3 Å². The maximum atomic E-state index is 13.9. The summed E-state index contributed by atoms with van der Waals surface area (Å²) in [5, 5.41) is 17.6. The number of thiazole rings is 1. The Kier molecular flexibility index (Phi) is 11.4. The number of aliphatic hydroxyl groups excluding tert-OH is 1. The molecule has 1 aromatic carbocycles. The average Bonchev–Trinajstić information content (AvgIpc) is 3.72. The van der Waals surface area contributed by atoms with Crippen molar-refractivity contribution in [3.63, 3.8) is 0 Å². The zero-order chi connectivity index (χ0) is 31.1. The van der Waals surface area contributed by atoms with Crippen LogP contribution in [0.3, 0.4) is 0 Å². The van der Waals surface area contributed by atoms with Crippen LogP contribution in [-0.2, 0) is 30.4 Å². The summed E-state index contributed by atoms with van der Waals surface area (Å²) in [6.07, 6.45) is -0.651. The van der Waals surface area contributed by atoms with Crippen LogP contribution in [0.15, 0.2) is 40.4 Å². The average molecular weight is 615 g/mol. The number of carbonyl (C=O) groups is 2. The molecule has 1 aliphatic heterocycles. The van der Waals surface area contributed by atoms with Gasteiger partial charge in [0.05, 0.1) is 34.8 Å². The number of benzene rings is 1. The van der Waals surface area contributed by atoms with Crippen molar-refractivity contribution in [3.05, 3.63) is 58.6 Å². The minimum atomic E-state index is -0.828. The number of rotatable bonds is 14. The van der Waals surface area contributed by atoms with Crippen LogP contribution in [0.2, 0.25) is 0 Å². The van der Waals surface area contributed by atoms with E-state index in [0.717, 1.165) is 21.7 Å². The molecule has 3 aromatic rings. The normalized spacial score (nSPS) is 18.4. The molecule has 2 N–H and O–H groups in total. The molecule has 0 bridgehead atoms. The van der Waals surface area contributed by atoms with Gasteiger partial charge in [-0.05, 0) is 44.7 Å². The number of ether oxygens (including phenoxy) is 3. The summed E-state index contributed by atoms with van der Waals surface area (Å²) in [4.78, 5) is 34.3. The molecule has 0 aliphatic carbocycles. The van der Waals surface area contributed by atoms with E-state index in [4.69, 9.17) is 18.7 Å². The van der Waals surface area contributed by atoms with Gasteiger partial charge in [0.25, 0.3) is 6.48 Å². The number of hydrogen-bond acceptors (Lipinski definition) is 10. The Bertz CT molecular complexity index is 1340. The first kappa shape index (κ1) is 32.7. The van der Waals surface area contributed by atoms with Gasteiger partial charge in [-0.2, -0.15) is 0 Å². The standard InChI is InChI=1S/C31H42N4O7S/c1-7-39-31(40-8-2)41-16-23-13-26(42-34-23)27(18(3)4)30(38)35-15-24(36)14-25(35)29(37)33-19(5)21-9-11-22(12-10-21)28-20(6)32-17-43-28/h9-13,17-19,24-25,27,31,36H,7-8,14-16H2,1-6H3,(H,33,37)/t19-,24+,25-,27+/m0/s1. The van der Waals surface area contributed by atoms with E-state index in [9.17, 15) is 14.7 Å². The minimum Gasteiger partial charge on any atom is -0.391 e. The Morgan fingerprint density at radius 1 is 1.14 bits per heavy atom. The Balaban J connectivity index is 1.43. The molecule has 1 fully saturated rings. The summed E-state index contributed by atoms with van der Waals surface area (Å²) in [5.41, 5.74) is 5.30. The number of aliphatic hydroxyl groups is 1. The molecule has 3 heterocycles. The van der Waals surface area contributed by atoms with E-state index in [1.165, 1.54) is 4.90 Å². The van der Waals surface area contributed by atoms with Gasteiger partial charge in [0, 0.05) is 32.2 Å². The second kappa shape index (κ2) is 15.0. The largest absolute Gasteiger partial charge is 0.391 e. The highest BCUT2D eigenvalue weighted by Crippen LogP contribution is 2.32. The predicted molar refractivity (Wildman–Crippen MR) is 161 cm³/mol. The van der Waals surface area contributed by atoms with E-state index >= 15 is 0 Å². The molecule has 1 saturated heterocycles. The molecule has 0 spiro atoms. The molecule has 2 aromatic heterocycles. The first-order chi connectivity index (χ1) is 20.6. The molecular weight excluding hydrogens is 572 g/mol. The lowest BCUT2D eigenvalue weighted by atomic mass is 9.91. The Morgan fingerprint density at radius 2 is 1.84 bits per heavy atom. The third-order valence-electron chi connectivity index (χ3n) is 7.43. The smallest absolute Gasteiger partial charge is 0.271 e. The van der Waals surface area contributed by atoms with Crippen LogP contribution in [0.25, 0.3) is 10.4 Å². The molecule has 0 unspecified atom stereocenters. The first-order valence-corrected chi connectivity index (χ1v) is 15.6. The first-order valence-electron chi connectivity index (χ1n) is 14.7. The van der Waals surface area contributed by atoms with Crippen LogP contribution in [0.5, 0.6) is 0 Å². The number of nitrogens with one attached hydrogen (secondary N) is 1. The van der Waals surface area contributed by atoms with Crippen LogP contribution < -0.4 is 5.32 Å². The number of likely N-dealkylation sites (tertiary alicyclic amines) is 1. The molecule has 0 saturated carbocycles. The Hall–Kier alpha value is -3.16. The highest BCUT2D eigenvalue weighted by molar-refractivity contribution is 7.13. The highest BCUT2D eigenvalue weighted by atomic mass is 32.1. The van der Waals surface area contributed by atoms with E-state index in [2.05, 4.69) is 15.5 Å². The zero-order valence-electron chi connectivity index (χ0n) is 25.6. The lowest BCUT2D eigenvalue weighted by Crippen LogP contribution is -2.48. The van der Waals surface area contributed by atoms with Gasteiger partial charge in [0.1, 0.15) is 23.4 Å². The van der Waals surface area contributed by atoms with Gasteiger partial charge >= 0.3 is 0 Å². The van der Waals surface area contributed by atoms with Crippen molar-refractivity contribution < 1.29 is 33.4 Å². The fourth-order valence-corrected chi connectivity index (χ4v) is 6.04. The van der Waals surface area contributed by atoms with E-state index in [1.54, 1.807) is 17.4 Å². The monoisotopic (exact) mass is 614 g/mol. The summed E-state index contributed by atoms with van der Waals surface area (Å²) >= 11 is 1.59. The van der Waals surface area contributed by atoms with Gasteiger partial charge in [-0.15, -0.1) is 11.3 Å². The SMILES string of the molecule is CCOC(OCC)OCc1cc([C@H](C(=O)N2C[C@H](O)C[C@H]2C(=O)N[C@@H](C)c2ccc(-c3scnc3C)cc2)C(C)C)on1. The molecule has 4 rings (SSSR count). The molecule has 0 radical (unpaired) electrons. The third-order valence-corrected chi connectivity index (χ3v) is 8.41. The second-order valence-corrected chi connectivity index (χ2v) is 11.8. The molecule has 4 atom stereocenters. The Labute approximate surface area is 256 Å². The predicted octanol–water partition coefficient (Wildman–Crippen LogP) is 4.56. The van der Waals surface area contributed by atoms with Crippen molar-refractivity contribution in [1.29, 1.82) is 0 Å². The molecular formula is C31H42N4O7S. The van der Waals surface area contributed by atoms with Crippen molar-refractivity contribution in [1.82, 2.24) is 20.4 Å². The fourth-order valence-electron chi connectivity index (χ4n) is 5.23. The summed E-state index contributed by atoms with van der Waals surface area (Å²) in [6.45, 7) is 11.5. The fraction of sp³-hybridized carbons (Fsp3) is 0.548. The van der Waals surface area contributed by atoms with Crippen LogP contribution in [0.1, 0.15) is 75.7 Å². The van der Waals surface area contributed by atoms with E-state index < -0.39 is 24.5 Å². The van der Waals surface area contributed by atoms with Crippen molar-refractivity contribution in [2.75, 3.05) is 19.8 Å². The molecule has 1 aliphatic rings. The number of aryl methyl sites for hydroxylation is 1. The number of β-amino-alcohol motifs (C(OH)–C–C–N with tert-alkyl or cyclic N) is 1. The summed E-state index contributed by atoms with van der Waals surface area (Å²) in [5.74, 6) is -1.10. The lowest BCUT2D eigenvalue weighted by molar-refractivity contribution is -0.290. The molecule has 2 amide bonds. The number of amides is 2. The van der Waals surface area contributed by atoms with Crippen molar-refractivity contribution in [2.24, 2.45) is 5.92 Å². The Morgan fingerprint density at radius 3 is 2.44 bits per heavy atom. The number of nitrogens with zero attached hydrogens (tertiary/aromatic N) is 3. The lowest BCUT2D eigenvalue weighted by Gasteiger charge is -2.29. The minimum absolute atomic E-state index is 0.0614. The zero-order valence-corrected chi connectivity index (χ0v) is 26.4. The van der Waals surface area contributed by atoms with E-state index in [-0.39, 0.29) is 43.3 Å². The highest BCUT2D eigenvalue weighted by Gasteiger charge is 2.43. The molecule has 11 nitrogen and oxygen atoms in total. The summed E-state index contributed by atoms with van der Waals surface area (Å²) in [6, 6.07) is 8.58. The third kappa shape index (κ3) is 8.07. The maximum Gasteiger partial charge on any atom is 0.271 e. The molecule has 43 heavy (non-hydrogen) atoms. The maximum absolute atomic E-state index is 13.9. The second-order valence-electron chi connectivity index (χ2n) is 11.0. The molecule has 12 heteroatoms. The quantitative estimate of drug-likeness (QED) is 0.251. The van der Waals surface area contributed by atoms with E-state index in [0.29, 0.717) is 24.7 Å². The number of aromatic nitrogens is 2. The van der Waals surface area contributed by atoms with Crippen molar-refractivity contribution in [2.45, 2.75) is 85.2 Å². The summed E-state index contributed by atoms with van der Waals surface area (Å²) < 4.78 is 22.0. The summed E-state index contributed by atoms with van der Waals surface area (Å²) in [7, 11) is 0. The van der Waals surface area contributed by atoms with Crippen LogP contribution >= 0.6 is 11.3 Å². The van der Waals surface area contributed by atoms with Crippen LogP contribution in [0.4, 0.5) is 0 Å². The van der Waals surface area contributed by atoms with Gasteiger partial charge < -0.3 is 34.1 Å². The van der Waals surface area contributed by atoms with Crippen molar-refractivity contribution >= 4 is 23.2 Å². The van der Waals surface area contributed by atoms with Gasteiger partial charge in [-0.1, -0.05) is 43.3 Å². The number of carbonyl (C=O) groups excluding carboxylic acids is 2. The van der Waals surface area contributed by atoms with Gasteiger partial charge in [-0.25, -0.2) is 4.98 Å². The van der Waals surface area contributed by atoms with Crippen molar-refractivity contribution in [3.8, 4) is 10.4 Å². The van der Waals surface area contributed by atoms with Gasteiger partial charge in [0.2, 0.25) is 11.8 Å². The van der Waals surface area contributed by atoms with Gasteiger partial charge in [0.15, 0.2) is 0 Å². The topological polar surface area (TPSA) is 136 Å². The van der Waals surface area contributed by atoms with Crippen LogP contribution in [0, 0.1) is 12.8 Å². The molecule has 234 valence electrons. The van der Waals surface area contributed by atoms with Gasteiger partial charge in [-0.3, -0.25) is 9.59 Å². The number of hydrogen-bond donors (Lipinski definition) is 2.